The van der Waals surface area contributed by atoms with Gasteiger partial charge < -0.3 is 5.73 Å². The van der Waals surface area contributed by atoms with E-state index in [-0.39, 0.29) is 11.2 Å². The van der Waals surface area contributed by atoms with Gasteiger partial charge in [-0.15, -0.1) is 0 Å². The Morgan fingerprint density at radius 3 is 2.05 bits per heavy atom. The summed E-state index contributed by atoms with van der Waals surface area (Å²) in [7, 11) is 0. The maximum atomic E-state index is 12.7. The molecule has 0 spiro atoms. The number of nitrogens with zero attached hydrogens (tertiary/aromatic N) is 1. The van der Waals surface area contributed by atoms with Crippen molar-refractivity contribution < 1.29 is 26.3 Å². The number of anilines is 1. The number of hydrogen-bond donors (Lipinski definition) is 1. The monoisotopic (exact) mass is 280 g/mol. The Bertz CT molecular complexity index is 629. The Labute approximate surface area is 102 Å². The van der Waals surface area contributed by atoms with Gasteiger partial charge in [0.2, 0.25) is 0 Å². The molecule has 0 saturated carbocycles. The second kappa shape index (κ2) is 4.01. The van der Waals surface area contributed by atoms with Crippen molar-refractivity contribution in [3.8, 4) is 0 Å². The molecule has 0 unspecified atom stereocenters. The second-order valence-corrected chi connectivity index (χ2v) is 3.81. The van der Waals surface area contributed by atoms with Gasteiger partial charge in [0.05, 0.1) is 11.1 Å². The van der Waals surface area contributed by atoms with E-state index in [1.165, 1.54) is 0 Å². The van der Waals surface area contributed by atoms with E-state index in [1.54, 1.807) is 0 Å². The average molecular weight is 280 g/mol. The van der Waals surface area contributed by atoms with Gasteiger partial charge in [0.1, 0.15) is 5.82 Å². The zero-order chi connectivity index (χ0) is 14.4. The van der Waals surface area contributed by atoms with E-state index in [9.17, 15) is 26.3 Å². The van der Waals surface area contributed by atoms with E-state index in [0.29, 0.717) is 18.3 Å². The highest BCUT2D eigenvalue weighted by atomic mass is 19.4. The van der Waals surface area contributed by atoms with Crippen LogP contribution in [-0.4, -0.2) is 4.98 Å². The first kappa shape index (κ1) is 13.4. The Kier molecular flexibility index (Phi) is 2.83. The summed E-state index contributed by atoms with van der Waals surface area (Å²) in [5.74, 6) is -0.380. The van der Waals surface area contributed by atoms with Crippen molar-refractivity contribution in [1.82, 2.24) is 4.98 Å². The maximum absolute atomic E-state index is 12.7. The lowest BCUT2D eigenvalue weighted by molar-refractivity contribution is -0.137. The summed E-state index contributed by atoms with van der Waals surface area (Å²) in [5.41, 5.74) is 3.14. The summed E-state index contributed by atoms with van der Waals surface area (Å²) < 4.78 is 75.5. The zero-order valence-electron chi connectivity index (χ0n) is 9.10. The molecule has 2 N–H and O–H groups in total. The Balaban J connectivity index is 2.78. The van der Waals surface area contributed by atoms with Crippen molar-refractivity contribution in [2.75, 3.05) is 5.73 Å². The van der Waals surface area contributed by atoms with E-state index < -0.39 is 28.9 Å². The minimum Gasteiger partial charge on any atom is -0.383 e. The second-order valence-electron chi connectivity index (χ2n) is 3.81. The number of nitrogen functional groups attached to an aromatic ring is 1. The molecule has 1 heterocycles. The predicted molar refractivity (Wildman–Crippen MR) is 56.2 cm³/mol. The lowest BCUT2D eigenvalue weighted by Crippen LogP contribution is -2.09. The number of benzene rings is 1. The van der Waals surface area contributed by atoms with Gasteiger partial charge in [-0.1, -0.05) is 6.07 Å². The number of halogens is 6. The van der Waals surface area contributed by atoms with Gasteiger partial charge in [0.15, 0.2) is 0 Å². The van der Waals surface area contributed by atoms with Crippen molar-refractivity contribution in [1.29, 1.82) is 0 Å². The van der Waals surface area contributed by atoms with Crippen molar-refractivity contribution in [3.05, 3.63) is 35.5 Å². The molecular weight excluding hydrogens is 274 g/mol. The lowest BCUT2D eigenvalue weighted by atomic mass is 10.0. The van der Waals surface area contributed by atoms with Crippen molar-refractivity contribution in [2.45, 2.75) is 12.4 Å². The molecule has 0 atom stereocenters. The highest BCUT2D eigenvalue weighted by molar-refractivity contribution is 5.94. The van der Waals surface area contributed by atoms with Crippen LogP contribution < -0.4 is 5.73 Å². The number of aromatic nitrogens is 1. The summed E-state index contributed by atoms with van der Waals surface area (Å²) in [6, 6.07) is 1.89. The third-order valence-corrected chi connectivity index (χ3v) is 2.55. The summed E-state index contributed by atoms with van der Waals surface area (Å²) >= 11 is 0. The number of pyridine rings is 1. The van der Waals surface area contributed by atoms with E-state index in [0.717, 1.165) is 6.07 Å². The molecule has 19 heavy (non-hydrogen) atoms. The maximum Gasteiger partial charge on any atom is 0.418 e. The minimum atomic E-state index is -4.71. The van der Waals surface area contributed by atoms with Gasteiger partial charge in [0.25, 0.3) is 0 Å². The van der Waals surface area contributed by atoms with Crippen LogP contribution in [0, 0.1) is 0 Å². The fraction of sp³-hybridized carbons (Fsp3) is 0.182. The smallest absolute Gasteiger partial charge is 0.383 e. The normalized spacial score (nSPS) is 12.9. The largest absolute Gasteiger partial charge is 0.418 e. The molecular formula is C11H6F6N2. The number of alkyl halides is 6. The number of fused-ring (bicyclic) bond motifs is 1. The van der Waals surface area contributed by atoms with Crippen molar-refractivity contribution in [3.63, 3.8) is 0 Å². The summed E-state index contributed by atoms with van der Waals surface area (Å²) in [5, 5.41) is -0.780. The van der Waals surface area contributed by atoms with Crippen molar-refractivity contribution >= 4 is 16.6 Å². The molecule has 1 aromatic heterocycles. The number of nitrogens with two attached hydrogens (primary N) is 1. The molecule has 102 valence electrons. The molecule has 0 bridgehead atoms. The van der Waals surface area contributed by atoms with Crippen LogP contribution in [0.1, 0.15) is 11.1 Å². The fourth-order valence-corrected chi connectivity index (χ4v) is 1.67. The van der Waals surface area contributed by atoms with Crippen molar-refractivity contribution in [2.24, 2.45) is 0 Å². The Morgan fingerprint density at radius 2 is 1.53 bits per heavy atom. The van der Waals surface area contributed by atoms with Gasteiger partial charge in [-0.2, -0.15) is 26.3 Å². The molecule has 2 rings (SSSR count). The van der Waals surface area contributed by atoms with Gasteiger partial charge in [-0.25, -0.2) is 4.98 Å². The van der Waals surface area contributed by atoms with Gasteiger partial charge in [-0.3, -0.25) is 0 Å². The van der Waals surface area contributed by atoms with Crippen LogP contribution in [0.5, 0.6) is 0 Å². The van der Waals surface area contributed by atoms with E-state index >= 15 is 0 Å². The van der Waals surface area contributed by atoms with E-state index in [2.05, 4.69) is 4.98 Å². The van der Waals surface area contributed by atoms with Crippen LogP contribution in [-0.2, 0) is 12.4 Å². The molecule has 2 nitrogen and oxygen atoms in total. The lowest BCUT2D eigenvalue weighted by Gasteiger charge is -2.13. The SMILES string of the molecule is Nc1ncc(C(F)(F)F)c2ccc(C(F)(F)F)cc12. The number of hydrogen-bond acceptors (Lipinski definition) is 2. The average Bonchev–Trinajstić information content (AvgIpc) is 2.26. The van der Waals surface area contributed by atoms with Crippen LogP contribution in [0.25, 0.3) is 10.8 Å². The quantitative estimate of drug-likeness (QED) is 0.744. The summed E-state index contributed by atoms with van der Waals surface area (Å²) in [4.78, 5) is 3.29. The zero-order valence-corrected chi connectivity index (χ0v) is 9.10. The van der Waals surface area contributed by atoms with Crippen LogP contribution >= 0.6 is 0 Å². The molecule has 8 heteroatoms. The standard InChI is InChI=1S/C11H6F6N2/c12-10(13,14)5-1-2-6-7(3-5)9(18)19-4-8(6)11(15,16)17/h1-4H,(H2,18,19). The van der Waals surface area contributed by atoms with E-state index in [1.807, 2.05) is 0 Å². The van der Waals surface area contributed by atoms with Crippen LogP contribution in [0.2, 0.25) is 0 Å². The molecule has 0 aliphatic heterocycles. The molecule has 0 aliphatic rings. The first-order valence-corrected chi connectivity index (χ1v) is 4.93. The number of rotatable bonds is 0. The third kappa shape index (κ3) is 2.42. The molecule has 0 fully saturated rings. The Morgan fingerprint density at radius 1 is 0.895 bits per heavy atom. The minimum absolute atomic E-state index is 0.371. The fourth-order valence-electron chi connectivity index (χ4n) is 1.67. The molecule has 2 aromatic rings. The van der Waals surface area contributed by atoms with Gasteiger partial charge in [0, 0.05) is 11.6 Å². The first-order chi connectivity index (χ1) is 8.60. The molecule has 0 radical (unpaired) electrons. The topological polar surface area (TPSA) is 38.9 Å². The van der Waals surface area contributed by atoms with E-state index in [4.69, 9.17) is 5.73 Å². The van der Waals surface area contributed by atoms with Crippen LogP contribution in [0.4, 0.5) is 32.2 Å². The highest BCUT2D eigenvalue weighted by Gasteiger charge is 2.35. The molecule has 0 amide bonds. The third-order valence-electron chi connectivity index (χ3n) is 2.55. The summed E-state index contributed by atoms with van der Waals surface area (Å²) in [6.45, 7) is 0. The van der Waals surface area contributed by atoms with Gasteiger partial charge >= 0.3 is 12.4 Å². The van der Waals surface area contributed by atoms with Crippen LogP contribution in [0.3, 0.4) is 0 Å². The van der Waals surface area contributed by atoms with Crippen LogP contribution in [0.15, 0.2) is 24.4 Å². The summed E-state index contributed by atoms with van der Waals surface area (Å²) in [6.07, 6.45) is -8.86. The molecule has 0 saturated heterocycles. The Hall–Kier alpha value is -1.99. The highest BCUT2D eigenvalue weighted by Crippen LogP contribution is 2.38. The predicted octanol–water partition coefficient (Wildman–Crippen LogP) is 3.85. The molecule has 0 aliphatic carbocycles. The van der Waals surface area contributed by atoms with Gasteiger partial charge in [-0.05, 0) is 17.5 Å². The first-order valence-electron chi connectivity index (χ1n) is 4.93. The molecule has 1 aromatic carbocycles.